The van der Waals surface area contributed by atoms with Gasteiger partial charge in [-0.05, 0) is 52.9 Å². The highest BCUT2D eigenvalue weighted by atomic mass is 16.4. The van der Waals surface area contributed by atoms with Crippen molar-refractivity contribution in [3.05, 3.63) is 0 Å². The second-order valence-electron chi connectivity index (χ2n) is 9.99. The van der Waals surface area contributed by atoms with Gasteiger partial charge in [-0.25, -0.2) is 0 Å². The van der Waals surface area contributed by atoms with Crippen molar-refractivity contribution in [3.63, 3.8) is 0 Å². The third-order valence-corrected chi connectivity index (χ3v) is 5.78. The van der Waals surface area contributed by atoms with Gasteiger partial charge in [-0.1, -0.05) is 70.6 Å². The van der Waals surface area contributed by atoms with E-state index in [1.807, 2.05) is 0 Å². The van der Waals surface area contributed by atoms with Crippen LogP contribution in [0.5, 0.6) is 0 Å². The van der Waals surface area contributed by atoms with E-state index in [0.29, 0.717) is 17.5 Å². The largest absolute Gasteiger partial charge is 0.481 e. The first-order valence-corrected chi connectivity index (χ1v) is 11.2. The van der Waals surface area contributed by atoms with Gasteiger partial charge in [-0.3, -0.25) is 4.79 Å². The zero-order valence-electron chi connectivity index (χ0n) is 18.0. The van der Waals surface area contributed by atoms with Crippen molar-refractivity contribution in [2.45, 2.75) is 135 Å². The van der Waals surface area contributed by atoms with Gasteiger partial charge in [0.05, 0.1) is 0 Å². The molecule has 0 radical (unpaired) electrons. The summed E-state index contributed by atoms with van der Waals surface area (Å²) < 4.78 is 0. The highest BCUT2D eigenvalue weighted by Gasteiger charge is 2.36. The SMILES string of the molecule is CC1(C)CC(CCCCCCCCCCCCCC(=O)O)CC(C)(C)N1. The van der Waals surface area contributed by atoms with Gasteiger partial charge in [-0.15, -0.1) is 0 Å². The van der Waals surface area contributed by atoms with Gasteiger partial charge in [0.15, 0.2) is 0 Å². The Labute approximate surface area is 162 Å². The van der Waals surface area contributed by atoms with Crippen LogP contribution in [-0.2, 0) is 4.79 Å². The van der Waals surface area contributed by atoms with Crippen LogP contribution in [0.25, 0.3) is 0 Å². The van der Waals surface area contributed by atoms with Crippen LogP contribution in [0, 0.1) is 5.92 Å². The first kappa shape index (κ1) is 23.5. The van der Waals surface area contributed by atoms with E-state index in [2.05, 4.69) is 33.0 Å². The van der Waals surface area contributed by atoms with Gasteiger partial charge >= 0.3 is 5.97 Å². The highest BCUT2D eigenvalue weighted by molar-refractivity contribution is 5.66. The first-order valence-electron chi connectivity index (χ1n) is 11.2. The van der Waals surface area contributed by atoms with Crippen LogP contribution in [0.1, 0.15) is 124 Å². The van der Waals surface area contributed by atoms with E-state index in [-0.39, 0.29) is 0 Å². The molecule has 1 aliphatic heterocycles. The molecule has 1 saturated heterocycles. The first-order chi connectivity index (χ1) is 12.2. The molecule has 0 aliphatic carbocycles. The maximum Gasteiger partial charge on any atom is 0.303 e. The van der Waals surface area contributed by atoms with Crippen LogP contribution in [0.15, 0.2) is 0 Å². The number of piperidine rings is 1. The van der Waals surface area contributed by atoms with Crippen LogP contribution in [0.2, 0.25) is 0 Å². The fourth-order valence-electron chi connectivity index (χ4n) is 5.04. The standard InChI is InChI=1S/C23H45NO2/c1-22(2)18-20(19-23(3,4)24-22)16-14-12-10-8-6-5-7-9-11-13-15-17-21(25)26/h20,24H,5-19H2,1-4H3,(H,25,26). The van der Waals surface area contributed by atoms with Crippen molar-refractivity contribution >= 4 is 5.97 Å². The number of nitrogens with one attached hydrogen (secondary N) is 1. The van der Waals surface area contributed by atoms with Crippen molar-refractivity contribution in [2.75, 3.05) is 0 Å². The Balaban J connectivity index is 1.90. The monoisotopic (exact) mass is 367 g/mol. The minimum atomic E-state index is -0.655. The summed E-state index contributed by atoms with van der Waals surface area (Å²) in [6.07, 6.45) is 18.5. The summed E-state index contributed by atoms with van der Waals surface area (Å²) in [6, 6.07) is 0. The molecule has 1 aliphatic rings. The predicted octanol–water partition coefficient (Wildman–Crippen LogP) is 6.70. The Morgan fingerprint density at radius 1 is 0.769 bits per heavy atom. The maximum atomic E-state index is 10.4. The Morgan fingerprint density at radius 2 is 1.15 bits per heavy atom. The molecule has 1 fully saturated rings. The summed E-state index contributed by atoms with van der Waals surface area (Å²) >= 11 is 0. The number of hydrogen-bond donors (Lipinski definition) is 2. The molecule has 0 saturated carbocycles. The van der Waals surface area contributed by atoms with Crippen molar-refractivity contribution in [2.24, 2.45) is 5.92 Å². The molecule has 0 aromatic heterocycles. The summed E-state index contributed by atoms with van der Waals surface area (Å²) in [5.74, 6) is 0.236. The van der Waals surface area contributed by atoms with E-state index in [1.165, 1.54) is 77.0 Å². The lowest BCUT2D eigenvalue weighted by Gasteiger charge is -2.46. The lowest BCUT2D eigenvalue weighted by Crippen LogP contribution is -2.57. The van der Waals surface area contributed by atoms with Crippen LogP contribution >= 0.6 is 0 Å². The van der Waals surface area contributed by atoms with E-state index in [0.717, 1.165) is 18.8 Å². The Bertz CT molecular complexity index is 374. The molecule has 1 heterocycles. The van der Waals surface area contributed by atoms with Gasteiger partial charge in [0, 0.05) is 17.5 Å². The molecule has 3 heteroatoms. The van der Waals surface area contributed by atoms with Crippen LogP contribution in [-0.4, -0.2) is 22.2 Å². The molecule has 0 amide bonds. The highest BCUT2D eigenvalue weighted by Crippen LogP contribution is 2.35. The van der Waals surface area contributed by atoms with Gasteiger partial charge in [0.2, 0.25) is 0 Å². The number of carbonyl (C=O) groups is 1. The molecule has 0 unspecified atom stereocenters. The van der Waals surface area contributed by atoms with E-state index in [4.69, 9.17) is 5.11 Å². The van der Waals surface area contributed by atoms with Crippen molar-refractivity contribution < 1.29 is 9.90 Å². The quantitative estimate of drug-likeness (QED) is 0.336. The number of carboxylic acids is 1. The Hall–Kier alpha value is -0.570. The van der Waals surface area contributed by atoms with Crippen LogP contribution < -0.4 is 5.32 Å². The average molecular weight is 368 g/mol. The topological polar surface area (TPSA) is 49.3 Å². The molecule has 0 bridgehead atoms. The van der Waals surface area contributed by atoms with Gasteiger partial charge in [0.1, 0.15) is 0 Å². The molecule has 0 aromatic rings. The van der Waals surface area contributed by atoms with E-state index in [1.54, 1.807) is 0 Å². The van der Waals surface area contributed by atoms with Crippen molar-refractivity contribution in [1.29, 1.82) is 0 Å². The molecule has 0 aromatic carbocycles. The summed E-state index contributed by atoms with van der Waals surface area (Å²) in [7, 11) is 0. The van der Waals surface area contributed by atoms with Gasteiger partial charge in [0.25, 0.3) is 0 Å². The van der Waals surface area contributed by atoms with E-state index in [9.17, 15) is 4.79 Å². The smallest absolute Gasteiger partial charge is 0.303 e. The Morgan fingerprint density at radius 3 is 1.58 bits per heavy atom. The van der Waals surface area contributed by atoms with Gasteiger partial charge < -0.3 is 10.4 Å². The maximum absolute atomic E-state index is 10.4. The van der Waals surface area contributed by atoms with Crippen LogP contribution in [0.4, 0.5) is 0 Å². The average Bonchev–Trinajstić information content (AvgIpc) is 2.48. The summed E-state index contributed by atoms with van der Waals surface area (Å²) in [4.78, 5) is 10.4. The molecule has 2 N–H and O–H groups in total. The molecule has 26 heavy (non-hydrogen) atoms. The second kappa shape index (κ2) is 12.0. The summed E-state index contributed by atoms with van der Waals surface area (Å²) in [5, 5.41) is 12.4. The fourth-order valence-corrected chi connectivity index (χ4v) is 5.04. The summed E-state index contributed by atoms with van der Waals surface area (Å²) in [5.41, 5.74) is 0.583. The number of hydrogen-bond acceptors (Lipinski definition) is 2. The van der Waals surface area contributed by atoms with E-state index < -0.39 is 5.97 Å². The summed E-state index contributed by atoms with van der Waals surface area (Å²) in [6.45, 7) is 9.42. The molecule has 0 spiro atoms. The molecule has 3 nitrogen and oxygen atoms in total. The number of aliphatic carboxylic acids is 1. The number of unbranched alkanes of at least 4 members (excludes halogenated alkanes) is 10. The molecular weight excluding hydrogens is 322 g/mol. The molecule has 0 atom stereocenters. The lowest BCUT2D eigenvalue weighted by molar-refractivity contribution is -0.137. The van der Waals surface area contributed by atoms with Gasteiger partial charge in [-0.2, -0.15) is 0 Å². The van der Waals surface area contributed by atoms with E-state index >= 15 is 0 Å². The minimum absolute atomic E-state index is 0.292. The van der Waals surface area contributed by atoms with Crippen molar-refractivity contribution in [3.8, 4) is 0 Å². The minimum Gasteiger partial charge on any atom is -0.481 e. The van der Waals surface area contributed by atoms with Crippen molar-refractivity contribution in [1.82, 2.24) is 5.32 Å². The third kappa shape index (κ3) is 11.9. The number of rotatable bonds is 14. The molecule has 154 valence electrons. The lowest BCUT2D eigenvalue weighted by atomic mass is 9.74. The predicted molar refractivity (Wildman–Crippen MR) is 112 cm³/mol. The third-order valence-electron chi connectivity index (χ3n) is 5.78. The molecular formula is C23H45NO2. The van der Waals surface area contributed by atoms with Crippen LogP contribution in [0.3, 0.4) is 0 Å². The number of carboxylic acid groups (broad SMARTS) is 1. The Kier molecular flexibility index (Phi) is 10.8. The zero-order chi connectivity index (χ0) is 19.5. The zero-order valence-corrected chi connectivity index (χ0v) is 18.0. The second-order valence-corrected chi connectivity index (χ2v) is 9.99. The fraction of sp³-hybridized carbons (Fsp3) is 0.957. The molecule has 1 rings (SSSR count). The normalized spacial score (nSPS) is 19.5.